The molecule has 0 aliphatic carbocycles. The number of aromatic nitrogens is 1. The van der Waals surface area contributed by atoms with Crippen LogP contribution in [-0.2, 0) is 0 Å². The van der Waals surface area contributed by atoms with Crippen molar-refractivity contribution in [3.8, 4) is 22.8 Å². The summed E-state index contributed by atoms with van der Waals surface area (Å²) in [5.74, 6) is 1.55. The normalized spacial score (nSPS) is 10.0. The third-order valence-corrected chi connectivity index (χ3v) is 2.67. The van der Waals surface area contributed by atoms with Gasteiger partial charge in [-0.05, 0) is 12.1 Å². The number of methoxy groups -OCH3 is 2. The van der Waals surface area contributed by atoms with Crippen LogP contribution < -0.4 is 9.47 Å². The Bertz CT molecular complexity index is 418. The Labute approximate surface area is 92.3 Å². The van der Waals surface area contributed by atoms with Crippen molar-refractivity contribution >= 4 is 11.3 Å². The van der Waals surface area contributed by atoms with E-state index in [1.807, 2.05) is 23.6 Å². The third kappa shape index (κ3) is 2.10. The summed E-state index contributed by atoms with van der Waals surface area (Å²) in [5.41, 5.74) is 3.76. The molecule has 0 amide bonds. The van der Waals surface area contributed by atoms with Crippen molar-refractivity contribution in [3.63, 3.8) is 0 Å². The predicted molar refractivity (Wildman–Crippen MR) is 60.7 cm³/mol. The molecule has 0 aliphatic heterocycles. The first-order valence-corrected chi connectivity index (χ1v) is 5.39. The van der Waals surface area contributed by atoms with Crippen LogP contribution in [0.5, 0.6) is 11.5 Å². The van der Waals surface area contributed by atoms with Crippen LogP contribution in [-0.4, -0.2) is 19.2 Å². The Morgan fingerprint density at radius 2 is 1.73 bits per heavy atom. The van der Waals surface area contributed by atoms with Crippen LogP contribution in [0.3, 0.4) is 0 Å². The van der Waals surface area contributed by atoms with Crippen molar-refractivity contribution in [2.75, 3.05) is 14.2 Å². The topological polar surface area (TPSA) is 31.4 Å². The average molecular weight is 221 g/mol. The van der Waals surface area contributed by atoms with E-state index in [0.717, 1.165) is 22.8 Å². The first-order chi connectivity index (χ1) is 7.33. The van der Waals surface area contributed by atoms with Gasteiger partial charge >= 0.3 is 0 Å². The molecule has 1 heterocycles. The Morgan fingerprint density at radius 1 is 1.07 bits per heavy atom. The van der Waals surface area contributed by atoms with Gasteiger partial charge in [-0.15, -0.1) is 11.3 Å². The maximum absolute atomic E-state index is 5.19. The molecule has 0 radical (unpaired) electrons. The molecule has 0 saturated heterocycles. The molecule has 0 fully saturated rings. The van der Waals surface area contributed by atoms with E-state index in [1.54, 1.807) is 31.1 Å². The molecular formula is C11H11NO2S. The zero-order valence-electron chi connectivity index (χ0n) is 8.56. The van der Waals surface area contributed by atoms with Gasteiger partial charge in [-0.1, -0.05) is 0 Å². The van der Waals surface area contributed by atoms with Gasteiger partial charge in [0, 0.05) is 17.0 Å². The summed E-state index contributed by atoms with van der Waals surface area (Å²) in [5, 5.41) is 1.99. The lowest BCUT2D eigenvalue weighted by molar-refractivity contribution is 0.394. The second kappa shape index (κ2) is 4.31. The lowest BCUT2D eigenvalue weighted by atomic mass is 10.1. The molecule has 0 unspecified atom stereocenters. The van der Waals surface area contributed by atoms with Crippen molar-refractivity contribution in [1.29, 1.82) is 0 Å². The molecule has 0 spiro atoms. The van der Waals surface area contributed by atoms with Crippen LogP contribution in [0.1, 0.15) is 0 Å². The molecule has 0 N–H and O–H groups in total. The second-order valence-corrected chi connectivity index (χ2v) is 3.69. The Hall–Kier alpha value is -1.55. The molecule has 0 saturated carbocycles. The Kier molecular flexibility index (Phi) is 2.87. The Morgan fingerprint density at radius 3 is 2.20 bits per heavy atom. The number of hydrogen-bond donors (Lipinski definition) is 0. The van der Waals surface area contributed by atoms with Crippen molar-refractivity contribution in [2.24, 2.45) is 0 Å². The number of thiazole rings is 1. The first kappa shape index (κ1) is 9.98. The standard InChI is InChI=1S/C11H11NO2S/c1-13-9-3-8(4-10(5-9)14-2)11-6-15-7-12-11/h3-7H,1-2H3. The summed E-state index contributed by atoms with van der Waals surface area (Å²) in [6.45, 7) is 0. The summed E-state index contributed by atoms with van der Waals surface area (Å²) in [6.07, 6.45) is 0. The van der Waals surface area contributed by atoms with Crippen LogP contribution in [0.15, 0.2) is 29.1 Å². The van der Waals surface area contributed by atoms with Gasteiger partial charge in [-0.3, -0.25) is 0 Å². The zero-order valence-corrected chi connectivity index (χ0v) is 9.38. The number of nitrogens with zero attached hydrogens (tertiary/aromatic N) is 1. The zero-order chi connectivity index (χ0) is 10.7. The molecule has 0 bridgehead atoms. The van der Waals surface area contributed by atoms with Gasteiger partial charge in [0.2, 0.25) is 0 Å². The summed E-state index contributed by atoms with van der Waals surface area (Å²) in [6, 6.07) is 5.73. The minimum Gasteiger partial charge on any atom is -0.497 e. The average Bonchev–Trinajstić information content (AvgIpc) is 2.81. The second-order valence-electron chi connectivity index (χ2n) is 2.98. The summed E-state index contributed by atoms with van der Waals surface area (Å²) < 4.78 is 10.4. The minimum atomic E-state index is 0.775. The molecule has 2 aromatic rings. The van der Waals surface area contributed by atoms with Crippen LogP contribution in [0.2, 0.25) is 0 Å². The lowest BCUT2D eigenvalue weighted by Crippen LogP contribution is -1.88. The smallest absolute Gasteiger partial charge is 0.123 e. The van der Waals surface area contributed by atoms with Gasteiger partial charge in [-0.25, -0.2) is 4.98 Å². The van der Waals surface area contributed by atoms with Gasteiger partial charge in [0.15, 0.2) is 0 Å². The number of rotatable bonds is 3. The first-order valence-electron chi connectivity index (χ1n) is 4.45. The van der Waals surface area contributed by atoms with E-state index >= 15 is 0 Å². The van der Waals surface area contributed by atoms with E-state index in [9.17, 15) is 0 Å². The summed E-state index contributed by atoms with van der Waals surface area (Å²) in [4.78, 5) is 4.24. The summed E-state index contributed by atoms with van der Waals surface area (Å²) >= 11 is 1.57. The van der Waals surface area contributed by atoms with Crippen molar-refractivity contribution in [3.05, 3.63) is 29.1 Å². The highest BCUT2D eigenvalue weighted by Gasteiger charge is 2.05. The molecule has 0 aliphatic rings. The highest BCUT2D eigenvalue weighted by atomic mass is 32.1. The van der Waals surface area contributed by atoms with Gasteiger partial charge < -0.3 is 9.47 Å². The van der Waals surface area contributed by atoms with Crippen LogP contribution in [0, 0.1) is 0 Å². The molecule has 3 nitrogen and oxygen atoms in total. The molecule has 15 heavy (non-hydrogen) atoms. The molecule has 0 atom stereocenters. The van der Waals surface area contributed by atoms with Crippen molar-refractivity contribution in [1.82, 2.24) is 4.98 Å². The highest BCUT2D eigenvalue weighted by molar-refractivity contribution is 7.07. The van der Waals surface area contributed by atoms with Crippen molar-refractivity contribution < 1.29 is 9.47 Å². The number of benzene rings is 1. The monoisotopic (exact) mass is 221 g/mol. The minimum absolute atomic E-state index is 0.775. The number of hydrogen-bond acceptors (Lipinski definition) is 4. The fourth-order valence-electron chi connectivity index (χ4n) is 1.31. The van der Waals surface area contributed by atoms with Gasteiger partial charge in [0.05, 0.1) is 25.4 Å². The largest absolute Gasteiger partial charge is 0.497 e. The van der Waals surface area contributed by atoms with Gasteiger partial charge in [0.1, 0.15) is 11.5 Å². The quantitative estimate of drug-likeness (QED) is 0.798. The summed E-state index contributed by atoms with van der Waals surface area (Å²) in [7, 11) is 3.28. The van der Waals surface area contributed by atoms with Crippen molar-refractivity contribution in [2.45, 2.75) is 0 Å². The Balaban J connectivity index is 2.47. The predicted octanol–water partition coefficient (Wildman–Crippen LogP) is 2.83. The fourth-order valence-corrected chi connectivity index (χ4v) is 1.87. The van der Waals surface area contributed by atoms with E-state index in [1.165, 1.54) is 0 Å². The number of ether oxygens (including phenoxy) is 2. The lowest BCUT2D eigenvalue weighted by Gasteiger charge is -2.06. The van der Waals surface area contributed by atoms with E-state index in [2.05, 4.69) is 4.98 Å². The van der Waals surface area contributed by atoms with Gasteiger partial charge in [0.25, 0.3) is 0 Å². The van der Waals surface area contributed by atoms with E-state index in [4.69, 9.17) is 9.47 Å². The molecular weight excluding hydrogens is 210 g/mol. The molecule has 2 rings (SSSR count). The SMILES string of the molecule is COc1cc(OC)cc(-c2cscn2)c1. The maximum atomic E-state index is 5.19. The molecule has 4 heteroatoms. The third-order valence-electron chi connectivity index (χ3n) is 2.08. The van der Waals surface area contributed by atoms with E-state index in [-0.39, 0.29) is 0 Å². The van der Waals surface area contributed by atoms with Crippen LogP contribution in [0.4, 0.5) is 0 Å². The van der Waals surface area contributed by atoms with E-state index < -0.39 is 0 Å². The fraction of sp³-hybridized carbons (Fsp3) is 0.182. The highest BCUT2D eigenvalue weighted by Crippen LogP contribution is 2.29. The maximum Gasteiger partial charge on any atom is 0.123 e. The van der Waals surface area contributed by atoms with Gasteiger partial charge in [-0.2, -0.15) is 0 Å². The molecule has 1 aromatic carbocycles. The van der Waals surface area contributed by atoms with Crippen LogP contribution >= 0.6 is 11.3 Å². The molecule has 1 aromatic heterocycles. The van der Waals surface area contributed by atoms with E-state index in [0.29, 0.717) is 0 Å². The molecule has 78 valence electrons. The van der Waals surface area contributed by atoms with Crippen LogP contribution in [0.25, 0.3) is 11.3 Å².